The van der Waals surface area contributed by atoms with Crippen molar-refractivity contribution in [3.63, 3.8) is 0 Å². The fraction of sp³-hybridized carbons (Fsp3) is 0.273. The van der Waals surface area contributed by atoms with Gasteiger partial charge in [-0.05, 0) is 35.4 Å². The Labute approximate surface area is 106 Å². The predicted octanol–water partition coefficient (Wildman–Crippen LogP) is 3.49. The van der Waals surface area contributed by atoms with Crippen LogP contribution in [0.3, 0.4) is 0 Å². The predicted molar refractivity (Wildman–Crippen MR) is 69.6 cm³/mol. The smallest absolute Gasteiger partial charge is 0.293 e. The first-order valence-corrected chi connectivity index (χ1v) is 6.20. The first-order valence-electron chi connectivity index (χ1n) is 5.12. The lowest BCUT2D eigenvalue weighted by atomic mass is 10.2. The molecule has 16 heavy (non-hydrogen) atoms. The Morgan fingerprint density at radius 3 is 2.81 bits per heavy atom. The van der Waals surface area contributed by atoms with E-state index in [-0.39, 0.29) is 10.6 Å². The Morgan fingerprint density at radius 1 is 1.44 bits per heavy atom. The molecule has 1 heterocycles. The third-order valence-electron chi connectivity index (χ3n) is 2.92. The second-order valence-electron chi connectivity index (χ2n) is 4.05. The molecule has 0 amide bonds. The van der Waals surface area contributed by atoms with Crippen LogP contribution in [0.4, 0.5) is 5.69 Å². The van der Waals surface area contributed by atoms with E-state index in [1.54, 1.807) is 12.1 Å². The molecule has 0 unspecified atom stereocenters. The van der Waals surface area contributed by atoms with Gasteiger partial charge in [0.15, 0.2) is 0 Å². The van der Waals surface area contributed by atoms with Gasteiger partial charge in [0.25, 0.3) is 5.69 Å². The highest BCUT2D eigenvalue weighted by Gasteiger charge is 2.28. The molecule has 0 atom stereocenters. The summed E-state index contributed by atoms with van der Waals surface area (Å²) < 4.78 is 3.15. The molecule has 1 aromatic carbocycles. The maximum atomic E-state index is 11.0. The zero-order valence-corrected chi connectivity index (χ0v) is 10.5. The van der Waals surface area contributed by atoms with Gasteiger partial charge in [-0.3, -0.25) is 10.1 Å². The molecule has 0 aliphatic heterocycles. The second kappa shape index (κ2) is 3.44. The van der Waals surface area contributed by atoms with E-state index in [9.17, 15) is 10.1 Å². The Hall–Kier alpha value is -1.11. The standard InChI is InChI=1S/C11H9IN2O2/c12-9-6-13(7-4-5-7)11-8(9)2-1-3-10(11)14(15)16/h1-3,6-7H,4-5H2. The minimum Gasteiger partial charge on any atom is -0.338 e. The second-order valence-corrected chi connectivity index (χ2v) is 5.21. The molecule has 0 N–H and O–H groups in total. The Kier molecular flexibility index (Phi) is 2.17. The summed E-state index contributed by atoms with van der Waals surface area (Å²) in [5.41, 5.74) is 0.992. The number of benzene rings is 1. The molecule has 5 heteroatoms. The SMILES string of the molecule is O=[N+]([O-])c1cccc2c(I)cn(C3CC3)c12. The average Bonchev–Trinajstić information content (AvgIpc) is 3.04. The van der Waals surface area contributed by atoms with E-state index < -0.39 is 0 Å². The van der Waals surface area contributed by atoms with Crippen molar-refractivity contribution in [2.24, 2.45) is 0 Å². The highest BCUT2D eigenvalue weighted by Crippen LogP contribution is 2.41. The quantitative estimate of drug-likeness (QED) is 0.481. The van der Waals surface area contributed by atoms with Gasteiger partial charge in [0, 0.05) is 27.3 Å². The minimum atomic E-state index is -0.294. The number of fused-ring (bicyclic) bond motifs is 1. The number of aromatic nitrogens is 1. The number of rotatable bonds is 2. The van der Waals surface area contributed by atoms with Crippen molar-refractivity contribution in [3.05, 3.63) is 38.1 Å². The first-order chi connectivity index (χ1) is 7.68. The van der Waals surface area contributed by atoms with Crippen molar-refractivity contribution in [3.8, 4) is 0 Å². The van der Waals surface area contributed by atoms with E-state index in [1.807, 2.05) is 12.3 Å². The Balaban J connectivity index is 2.38. The number of nitro groups is 1. The van der Waals surface area contributed by atoms with Crippen molar-refractivity contribution < 1.29 is 4.92 Å². The minimum absolute atomic E-state index is 0.215. The Bertz CT molecular complexity index is 587. The van der Waals surface area contributed by atoms with Crippen LogP contribution in [0.25, 0.3) is 10.9 Å². The molecule has 0 bridgehead atoms. The third kappa shape index (κ3) is 1.41. The van der Waals surface area contributed by atoms with Gasteiger partial charge in [-0.15, -0.1) is 0 Å². The van der Waals surface area contributed by atoms with Gasteiger partial charge in [-0.1, -0.05) is 12.1 Å². The molecule has 1 aromatic heterocycles. The lowest BCUT2D eigenvalue weighted by molar-refractivity contribution is -0.383. The van der Waals surface area contributed by atoms with Gasteiger partial charge >= 0.3 is 0 Å². The van der Waals surface area contributed by atoms with Crippen molar-refractivity contribution in [1.29, 1.82) is 0 Å². The monoisotopic (exact) mass is 328 g/mol. The van der Waals surface area contributed by atoms with Crippen molar-refractivity contribution >= 4 is 39.2 Å². The van der Waals surface area contributed by atoms with Gasteiger partial charge in [0.05, 0.1) is 4.92 Å². The van der Waals surface area contributed by atoms with E-state index in [4.69, 9.17) is 0 Å². The molecular formula is C11H9IN2O2. The van der Waals surface area contributed by atoms with Crippen LogP contribution in [0, 0.1) is 13.7 Å². The summed E-state index contributed by atoms with van der Waals surface area (Å²) in [7, 11) is 0. The van der Waals surface area contributed by atoms with Gasteiger partial charge in [0.1, 0.15) is 5.52 Å². The van der Waals surface area contributed by atoms with Crippen molar-refractivity contribution in [2.45, 2.75) is 18.9 Å². The molecule has 1 saturated carbocycles. The zero-order chi connectivity index (χ0) is 11.3. The first kappa shape index (κ1) is 10.1. The zero-order valence-electron chi connectivity index (χ0n) is 8.39. The summed E-state index contributed by atoms with van der Waals surface area (Å²) in [5, 5.41) is 12.0. The summed E-state index contributed by atoms with van der Waals surface area (Å²) in [6.45, 7) is 0. The largest absolute Gasteiger partial charge is 0.338 e. The van der Waals surface area contributed by atoms with Gasteiger partial charge in [-0.2, -0.15) is 0 Å². The summed E-state index contributed by atoms with van der Waals surface area (Å²) in [6.07, 6.45) is 4.29. The number of para-hydroxylation sites is 1. The molecule has 4 nitrogen and oxygen atoms in total. The van der Waals surface area contributed by atoms with Crippen LogP contribution >= 0.6 is 22.6 Å². The van der Waals surface area contributed by atoms with E-state index in [1.165, 1.54) is 0 Å². The average molecular weight is 328 g/mol. The highest BCUT2D eigenvalue weighted by atomic mass is 127. The lowest BCUT2D eigenvalue weighted by Crippen LogP contribution is -1.96. The molecule has 3 rings (SSSR count). The van der Waals surface area contributed by atoms with Crippen LogP contribution in [0.5, 0.6) is 0 Å². The molecule has 2 aromatic rings. The molecular weight excluding hydrogens is 319 g/mol. The van der Waals surface area contributed by atoms with E-state index in [0.29, 0.717) is 6.04 Å². The number of nitrogens with zero attached hydrogens (tertiary/aromatic N) is 2. The van der Waals surface area contributed by atoms with Crippen molar-refractivity contribution in [1.82, 2.24) is 4.57 Å². The molecule has 82 valence electrons. The van der Waals surface area contributed by atoms with Gasteiger partial charge in [-0.25, -0.2) is 0 Å². The van der Waals surface area contributed by atoms with Crippen LogP contribution < -0.4 is 0 Å². The van der Waals surface area contributed by atoms with Crippen LogP contribution in [0.15, 0.2) is 24.4 Å². The molecule has 1 aliphatic carbocycles. The fourth-order valence-corrected chi connectivity index (χ4v) is 2.77. The molecule has 0 saturated heterocycles. The maximum absolute atomic E-state index is 11.0. The topological polar surface area (TPSA) is 48.1 Å². The molecule has 0 radical (unpaired) electrons. The van der Waals surface area contributed by atoms with Crippen molar-refractivity contribution in [2.75, 3.05) is 0 Å². The number of halogens is 1. The van der Waals surface area contributed by atoms with Crippen LogP contribution in [-0.4, -0.2) is 9.49 Å². The van der Waals surface area contributed by atoms with E-state index in [2.05, 4.69) is 27.2 Å². The fourth-order valence-electron chi connectivity index (χ4n) is 2.04. The van der Waals surface area contributed by atoms with Gasteiger partial charge < -0.3 is 4.57 Å². The maximum Gasteiger partial charge on any atom is 0.293 e. The Morgan fingerprint density at radius 2 is 2.19 bits per heavy atom. The molecule has 1 aliphatic rings. The third-order valence-corrected chi connectivity index (χ3v) is 3.78. The van der Waals surface area contributed by atoms with E-state index >= 15 is 0 Å². The number of nitro benzene ring substituents is 1. The van der Waals surface area contributed by atoms with Gasteiger partial charge in [0.2, 0.25) is 0 Å². The summed E-state index contributed by atoms with van der Waals surface area (Å²) in [4.78, 5) is 10.7. The number of hydrogen-bond donors (Lipinski definition) is 0. The number of non-ortho nitro benzene ring substituents is 1. The highest BCUT2D eigenvalue weighted by molar-refractivity contribution is 14.1. The van der Waals surface area contributed by atoms with Crippen LogP contribution in [-0.2, 0) is 0 Å². The summed E-state index contributed by atoms with van der Waals surface area (Å²) in [6, 6.07) is 5.74. The number of hydrogen-bond acceptors (Lipinski definition) is 2. The van der Waals surface area contributed by atoms with Crippen LogP contribution in [0.1, 0.15) is 18.9 Å². The summed E-state index contributed by atoms with van der Waals surface area (Å²) >= 11 is 2.24. The molecule has 0 spiro atoms. The lowest BCUT2D eigenvalue weighted by Gasteiger charge is -2.02. The van der Waals surface area contributed by atoms with Crippen LogP contribution in [0.2, 0.25) is 0 Å². The molecule has 1 fully saturated rings. The summed E-state index contributed by atoms with van der Waals surface area (Å²) in [5.74, 6) is 0. The van der Waals surface area contributed by atoms with E-state index in [0.717, 1.165) is 27.3 Å². The normalized spacial score (nSPS) is 15.6.